The first-order valence-electron chi connectivity index (χ1n) is 5.22. The summed E-state index contributed by atoms with van der Waals surface area (Å²) in [5.74, 6) is 0. The highest BCUT2D eigenvalue weighted by molar-refractivity contribution is 9.10. The molecular weight excluding hydrogens is 282 g/mol. The molecule has 2 atom stereocenters. The molecule has 0 spiro atoms. The van der Waals surface area contributed by atoms with Crippen LogP contribution >= 0.6 is 15.9 Å². The quantitative estimate of drug-likeness (QED) is 0.478. The number of aliphatic hydroxyl groups is 1. The Labute approximate surface area is 108 Å². The molecule has 0 aromatic heterocycles. The number of allylic oxidation sites excluding steroid dienone is 1. The largest absolute Gasteiger partial charge is 0.385 e. The van der Waals surface area contributed by atoms with E-state index in [1.807, 2.05) is 25.1 Å². The van der Waals surface area contributed by atoms with Crippen LogP contribution in [-0.2, 0) is 5.60 Å². The van der Waals surface area contributed by atoms with Crippen LogP contribution in [0.4, 0.5) is 0 Å². The van der Waals surface area contributed by atoms with Crippen LogP contribution in [0.3, 0.4) is 0 Å². The van der Waals surface area contributed by atoms with E-state index in [0.29, 0.717) is 0 Å². The zero-order chi connectivity index (χ0) is 12.6. The normalized spacial score (nSPS) is 26.8. The predicted molar refractivity (Wildman–Crippen MR) is 70.3 cm³/mol. The number of azide groups is 1. The van der Waals surface area contributed by atoms with Crippen molar-refractivity contribution in [3.63, 3.8) is 0 Å². The third kappa shape index (κ3) is 1.97. The predicted octanol–water partition coefficient (Wildman–Crippen LogP) is 3.75. The van der Waals surface area contributed by atoms with E-state index in [9.17, 15) is 5.11 Å². The summed E-state index contributed by atoms with van der Waals surface area (Å²) >= 11 is 3.39. The monoisotopic (exact) mass is 293 g/mol. The van der Waals surface area contributed by atoms with Crippen LogP contribution in [-0.4, -0.2) is 11.1 Å². The van der Waals surface area contributed by atoms with Crippen molar-refractivity contribution in [2.75, 3.05) is 0 Å². The Morgan fingerprint density at radius 2 is 2.24 bits per heavy atom. The number of benzene rings is 1. The summed E-state index contributed by atoms with van der Waals surface area (Å²) in [4.78, 5) is 2.79. The Hall–Kier alpha value is -1.29. The van der Waals surface area contributed by atoms with Gasteiger partial charge in [0.1, 0.15) is 0 Å². The summed E-state index contributed by atoms with van der Waals surface area (Å²) in [7, 11) is 0. The molecule has 0 saturated carbocycles. The number of hydrogen-bond acceptors (Lipinski definition) is 2. The molecule has 0 saturated heterocycles. The first-order valence-corrected chi connectivity index (χ1v) is 6.01. The third-order valence-electron chi connectivity index (χ3n) is 3.11. The summed E-state index contributed by atoms with van der Waals surface area (Å²) in [5, 5.41) is 14.2. The Morgan fingerprint density at radius 3 is 2.88 bits per heavy atom. The molecule has 1 N–H and O–H groups in total. The molecule has 5 heteroatoms. The van der Waals surface area contributed by atoms with Crippen LogP contribution in [0.1, 0.15) is 25.0 Å². The minimum absolute atomic E-state index is 0.575. The van der Waals surface area contributed by atoms with E-state index < -0.39 is 11.6 Å². The van der Waals surface area contributed by atoms with Crippen molar-refractivity contribution in [1.29, 1.82) is 0 Å². The van der Waals surface area contributed by atoms with Crippen molar-refractivity contribution in [1.82, 2.24) is 0 Å². The van der Waals surface area contributed by atoms with Crippen LogP contribution in [0, 0.1) is 0 Å². The fraction of sp³-hybridized carbons (Fsp3) is 0.333. The topological polar surface area (TPSA) is 69.0 Å². The number of halogens is 1. The van der Waals surface area contributed by atoms with Gasteiger partial charge < -0.3 is 5.11 Å². The molecule has 1 aliphatic carbocycles. The Bertz CT molecular complexity index is 545. The van der Waals surface area contributed by atoms with E-state index in [-0.39, 0.29) is 0 Å². The van der Waals surface area contributed by atoms with Gasteiger partial charge in [-0.25, -0.2) is 0 Å². The highest BCUT2D eigenvalue weighted by Crippen LogP contribution is 2.40. The van der Waals surface area contributed by atoms with E-state index in [0.717, 1.165) is 21.2 Å². The third-order valence-corrected chi connectivity index (χ3v) is 3.60. The van der Waals surface area contributed by atoms with Gasteiger partial charge in [0, 0.05) is 9.38 Å². The van der Waals surface area contributed by atoms with Gasteiger partial charge in [-0.2, -0.15) is 0 Å². The van der Waals surface area contributed by atoms with E-state index in [2.05, 4.69) is 26.0 Å². The molecule has 88 valence electrons. The summed E-state index contributed by atoms with van der Waals surface area (Å²) in [6.45, 7) is 3.61. The summed E-state index contributed by atoms with van der Waals surface area (Å²) in [5.41, 5.74) is 10.2. The molecule has 1 aromatic carbocycles. The second-order valence-electron chi connectivity index (χ2n) is 4.34. The van der Waals surface area contributed by atoms with Gasteiger partial charge in [0.2, 0.25) is 0 Å². The maximum absolute atomic E-state index is 10.5. The Balaban J connectivity index is 2.67. The Morgan fingerprint density at radius 1 is 1.53 bits per heavy atom. The van der Waals surface area contributed by atoms with Crippen molar-refractivity contribution in [3.05, 3.63) is 50.3 Å². The highest BCUT2D eigenvalue weighted by atomic mass is 79.9. The van der Waals surface area contributed by atoms with Crippen LogP contribution in [0.25, 0.3) is 16.0 Å². The standard InChI is InChI=1S/C12H12BrN3O/c1-7-5-11(15-16-14)12(2,17)10-6-8(13)3-4-9(7)10/h3-6,11,17H,1-2H3/t11-,12+/m1/s1. The van der Waals surface area contributed by atoms with Gasteiger partial charge in [-0.15, -0.1) is 0 Å². The molecule has 2 rings (SSSR count). The van der Waals surface area contributed by atoms with Crippen LogP contribution in [0.5, 0.6) is 0 Å². The minimum Gasteiger partial charge on any atom is -0.385 e. The molecule has 4 nitrogen and oxygen atoms in total. The molecule has 1 aliphatic rings. The average molecular weight is 294 g/mol. The van der Waals surface area contributed by atoms with E-state index >= 15 is 0 Å². The molecule has 0 aliphatic heterocycles. The van der Waals surface area contributed by atoms with Gasteiger partial charge in [0.15, 0.2) is 0 Å². The lowest BCUT2D eigenvalue weighted by Gasteiger charge is -2.35. The first-order chi connectivity index (χ1) is 7.96. The van der Waals surface area contributed by atoms with Crippen molar-refractivity contribution < 1.29 is 5.11 Å². The highest BCUT2D eigenvalue weighted by Gasteiger charge is 2.37. The molecule has 0 radical (unpaired) electrons. The molecule has 0 heterocycles. The maximum atomic E-state index is 10.5. The van der Waals surface area contributed by atoms with Gasteiger partial charge in [-0.3, -0.25) is 0 Å². The summed E-state index contributed by atoms with van der Waals surface area (Å²) in [6, 6.07) is 5.17. The molecule has 0 fully saturated rings. The first kappa shape index (κ1) is 12.2. The van der Waals surface area contributed by atoms with Crippen molar-refractivity contribution in [2.45, 2.75) is 25.5 Å². The molecule has 0 bridgehead atoms. The van der Waals surface area contributed by atoms with Crippen LogP contribution in [0.15, 0.2) is 33.9 Å². The number of fused-ring (bicyclic) bond motifs is 1. The van der Waals surface area contributed by atoms with Crippen molar-refractivity contribution in [2.24, 2.45) is 5.11 Å². The minimum atomic E-state index is -1.18. The van der Waals surface area contributed by atoms with Crippen molar-refractivity contribution in [3.8, 4) is 0 Å². The molecule has 17 heavy (non-hydrogen) atoms. The van der Waals surface area contributed by atoms with E-state index in [1.165, 1.54) is 0 Å². The average Bonchev–Trinajstić information content (AvgIpc) is 2.26. The second-order valence-corrected chi connectivity index (χ2v) is 5.25. The zero-order valence-corrected chi connectivity index (χ0v) is 11.1. The molecule has 0 unspecified atom stereocenters. The van der Waals surface area contributed by atoms with E-state index in [1.54, 1.807) is 13.0 Å². The van der Waals surface area contributed by atoms with Crippen LogP contribution in [0.2, 0.25) is 0 Å². The lowest BCUT2D eigenvalue weighted by molar-refractivity contribution is 0.0422. The lowest BCUT2D eigenvalue weighted by Crippen LogP contribution is -2.37. The number of hydrogen-bond donors (Lipinski definition) is 1. The van der Waals surface area contributed by atoms with E-state index in [4.69, 9.17) is 5.53 Å². The zero-order valence-electron chi connectivity index (χ0n) is 9.55. The summed E-state index contributed by atoms with van der Waals surface area (Å²) in [6.07, 6.45) is 1.80. The molecular formula is C12H12BrN3O. The lowest BCUT2D eigenvalue weighted by atomic mass is 9.78. The molecule has 1 aromatic rings. The van der Waals surface area contributed by atoms with Crippen molar-refractivity contribution >= 4 is 21.5 Å². The van der Waals surface area contributed by atoms with Crippen LogP contribution < -0.4 is 0 Å². The SMILES string of the molecule is CC1=C[C@@H](N=[N+]=[N-])[C@@](C)(O)c2cc(Br)ccc21. The summed E-state index contributed by atoms with van der Waals surface area (Å²) < 4.78 is 0.894. The van der Waals surface area contributed by atoms with Gasteiger partial charge in [0.05, 0.1) is 11.6 Å². The number of rotatable bonds is 1. The fourth-order valence-electron chi connectivity index (χ4n) is 2.13. The van der Waals surface area contributed by atoms with Gasteiger partial charge in [-0.1, -0.05) is 33.2 Å². The van der Waals surface area contributed by atoms with Gasteiger partial charge >= 0.3 is 0 Å². The second kappa shape index (κ2) is 4.18. The smallest absolute Gasteiger partial charge is 0.0994 e. The number of nitrogens with zero attached hydrogens (tertiary/aromatic N) is 3. The molecule has 0 amide bonds. The Kier molecular flexibility index (Phi) is 3.00. The maximum Gasteiger partial charge on any atom is 0.0994 e. The fourth-order valence-corrected chi connectivity index (χ4v) is 2.49. The van der Waals surface area contributed by atoms with Gasteiger partial charge in [0.25, 0.3) is 0 Å². The van der Waals surface area contributed by atoms with Gasteiger partial charge in [-0.05, 0) is 48.2 Å².